The smallest absolute Gasteiger partial charge is 0.162 e. The van der Waals surface area contributed by atoms with Crippen molar-refractivity contribution in [2.45, 2.75) is 24.5 Å². The Kier molecular flexibility index (Phi) is 7.20. The molecule has 0 saturated heterocycles. The number of fused-ring (bicyclic) bond motifs is 1. The van der Waals surface area contributed by atoms with Crippen LogP contribution in [0.1, 0.15) is 24.5 Å². The largest absolute Gasteiger partial charge is 0.456 e. The molecule has 0 fully saturated rings. The fourth-order valence-electron chi connectivity index (χ4n) is 3.44. The van der Waals surface area contributed by atoms with Crippen molar-refractivity contribution < 1.29 is 18.6 Å². The maximum Gasteiger partial charge on any atom is 0.162 e. The maximum absolute atomic E-state index is 6.10. The molecule has 0 spiro atoms. The molecule has 3 aromatic rings. The number of benzene rings is 2. The lowest BCUT2D eigenvalue weighted by molar-refractivity contribution is -0.144. The second kappa shape index (κ2) is 10.2. The van der Waals surface area contributed by atoms with Gasteiger partial charge in [-0.25, -0.2) is 0 Å². The van der Waals surface area contributed by atoms with Crippen LogP contribution < -0.4 is 0 Å². The second-order valence-corrected chi connectivity index (χ2v) is 8.48. The summed E-state index contributed by atoms with van der Waals surface area (Å²) in [6.45, 7) is 2.69. The Labute approximate surface area is 190 Å². The molecule has 0 amide bonds. The fraction of sp³-hybridized carbons (Fsp3) is 0.231. The predicted octanol–water partition coefficient (Wildman–Crippen LogP) is 7.21. The third-order valence-corrected chi connectivity index (χ3v) is 5.69. The van der Waals surface area contributed by atoms with Gasteiger partial charge in [-0.05, 0) is 70.8 Å². The van der Waals surface area contributed by atoms with Gasteiger partial charge >= 0.3 is 0 Å². The highest BCUT2D eigenvalue weighted by Gasteiger charge is 2.21. The van der Waals surface area contributed by atoms with Crippen LogP contribution in [0.2, 0.25) is 0 Å². The van der Waals surface area contributed by atoms with Crippen LogP contribution in [-0.4, -0.2) is 18.1 Å². The zero-order chi connectivity index (χ0) is 21.5. The van der Waals surface area contributed by atoms with Crippen LogP contribution in [0.4, 0.5) is 0 Å². The summed E-state index contributed by atoms with van der Waals surface area (Å²) in [7, 11) is 0. The first-order chi connectivity index (χ1) is 15.2. The van der Waals surface area contributed by atoms with Crippen LogP contribution in [0.25, 0.3) is 28.4 Å². The van der Waals surface area contributed by atoms with E-state index in [1.807, 2.05) is 67.6 Å². The van der Waals surface area contributed by atoms with E-state index in [-0.39, 0.29) is 13.6 Å². The van der Waals surface area contributed by atoms with Crippen LogP contribution in [0, 0.1) is 0 Å². The molecular formula is C26H25BrO4. The van der Waals surface area contributed by atoms with Crippen molar-refractivity contribution in [3.8, 4) is 11.3 Å². The van der Waals surface area contributed by atoms with Crippen LogP contribution in [0.5, 0.6) is 0 Å². The predicted molar refractivity (Wildman–Crippen MR) is 128 cm³/mol. The Bertz CT molecular complexity index is 1100. The molecule has 1 aromatic heterocycles. The van der Waals surface area contributed by atoms with Crippen molar-refractivity contribution in [2.75, 3.05) is 13.6 Å². The summed E-state index contributed by atoms with van der Waals surface area (Å²) < 4.78 is 22.4. The summed E-state index contributed by atoms with van der Waals surface area (Å²) in [6, 6.07) is 16.3. The Morgan fingerprint density at radius 2 is 1.87 bits per heavy atom. The Morgan fingerprint density at radius 3 is 2.71 bits per heavy atom. The van der Waals surface area contributed by atoms with Crippen LogP contribution in [0.15, 0.2) is 83.3 Å². The third kappa shape index (κ3) is 5.63. The fourth-order valence-corrected chi connectivity index (χ4v) is 3.91. The van der Waals surface area contributed by atoms with Crippen molar-refractivity contribution in [2.24, 2.45) is 0 Å². The molecule has 0 saturated carbocycles. The first kappa shape index (κ1) is 21.8. The van der Waals surface area contributed by atoms with Gasteiger partial charge in [0.2, 0.25) is 0 Å². The highest BCUT2D eigenvalue weighted by molar-refractivity contribution is 9.10. The van der Waals surface area contributed by atoms with Gasteiger partial charge in [-0.1, -0.05) is 54.6 Å². The van der Waals surface area contributed by atoms with Crippen molar-refractivity contribution >= 4 is 33.0 Å². The SMILES string of the molecule is C/C=C\c1ccc2oc(-c3ccccc3COCOCOC3(Br)C=CCC=C3)cc2c1. The minimum atomic E-state index is -0.591. The third-order valence-electron chi connectivity index (χ3n) is 4.93. The first-order valence-electron chi connectivity index (χ1n) is 10.3. The minimum Gasteiger partial charge on any atom is -0.456 e. The normalized spacial score (nSPS) is 15.3. The Morgan fingerprint density at radius 1 is 1.03 bits per heavy atom. The molecule has 2 aromatic carbocycles. The van der Waals surface area contributed by atoms with Crippen LogP contribution in [0.3, 0.4) is 0 Å². The summed E-state index contributed by atoms with van der Waals surface area (Å²) in [5.41, 5.74) is 4.08. The van der Waals surface area contributed by atoms with Gasteiger partial charge in [0.05, 0.1) is 6.61 Å². The average molecular weight is 481 g/mol. The molecule has 0 aliphatic heterocycles. The van der Waals surface area contributed by atoms with Gasteiger partial charge in [0.15, 0.2) is 11.3 Å². The quantitative estimate of drug-likeness (QED) is 0.140. The number of hydrogen-bond donors (Lipinski definition) is 0. The van der Waals surface area contributed by atoms with E-state index >= 15 is 0 Å². The van der Waals surface area contributed by atoms with E-state index in [2.05, 4.69) is 40.2 Å². The molecule has 4 nitrogen and oxygen atoms in total. The lowest BCUT2D eigenvalue weighted by Gasteiger charge is -2.22. The minimum absolute atomic E-state index is 0.125. The molecule has 160 valence electrons. The van der Waals surface area contributed by atoms with E-state index in [0.717, 1.165) is 39.8 Å². The molecule has 1 heterocycles. The van der Waals surface area contributed by atoms with E-state index in [1.54, 1.807) is 0 Å². The van der Waals surface area contributed by atoms with Gasteiger partial charge in [0.25, 0.3) is 0 Å². The highest BCUT2D eigenvalue weighted by Crippen LogP contribution is 2.31. The van der Waals surface area contributed by atoms with Crippen molar-refractivity contribution in [3.63, 3.8) is 0 Å². The van der Waals surface area contributed by atoms with Crippen molar-refractivity contribution in [1.82, 2.24) is 0 Å². The standard InChI is InChI=1S/C26H25BrO4/c1-2-8-20-11-12-24-22(15-20)16-25(31-24)23-10-5-4-9-21(23)17-28-18-29-19-30-26(27)13-6-3-7-14-26/h2,4-16H,3,17-19H2,1H3/b8-2-. The molecule has 4 rings (SSSR count). The number of allylic oxidation sites excluding steroid dienone is 3. The molecule has 1 aliphatic carbocycles. The van der Waals surface area contributed by atoms with Gasteiger partial charge in [-0.2, -0.15) is 0 Å². The summed E-state index contributed by atoms with van der Waals surface area (Å²) in [5.74, 6) is 0.827. The van der Waals surface area contributed by atoms with Crippen molar-refractivity contribution in [1.29, 1.82) is 0 Å². The molecule has 0 radical (unpaired) electrons. The zero-order valence-electron chi connectivity index (χ0n) is 17.4. The zero-order valence-corrected chi connectivity index (χ0v) is 19.0. The number of furan rings is 1. The summed E-state index contributed by atoms with van der Waals surface area (Å²) in [4.78, 5) is 0. The maximum atomic E-state index is 6.10. The van der Waals surface area contributed by atoms with Crippen LogP contribution in [-0.2, 0) is 20.8 Å². The van der Waals surface area contributed by atoms with E-state index in [4.69, 9.17) is 18.6 Å². The van der Waals surface area contributed by atoms with E-state index in [9.17, 15) is 0 Å². The molecule has 31 heavy (non-hydrogen) atoms. The molecule has 0 N–H and O–H groups in total. The monoisotopic (exact) mass is 480 g/mol. The second-order valence-electron chi connectivity index (χ2n) is 7.24. The summed E-state index contributed by atoms with van der Waals surface area (Å²) >= 11 is 3.53. The number of halogens is 1. The highest BCUT2D eigenvalue weighted by atomic mass is 79.9. The van der Waals surface area contributed by atoms with Gasteiger partial charge in [-0.15, -0.1) is 0 Å². The van der Waals surface area contributed by atoms with Gasteiger partial charge in [0, 0.05) is 10.9 Å². The Hall–Kier alpha value is -2.44. The number of hydrogen-bond acceptors (Lipinski definition) is 4. The average Bonchev–Trinajstić information content (AvgIpc) is 3.20. The molecule has 5 heteroatoms. The van der Waals surface area contributed by atoms with Gasteiger partial charge < -0.3 is 18.6 Å². The summed E-state index contributed by atoms with van der Waals surface area (Å²) in [6.07, 6.45) is 13.0. The molecule has 0 unspecified atom stereocenters. The van der Waals surface area contributed by atoms with Gasteiger partial charge in [-0.3, -0.25) is 0 Å². The number of rotatable bonds is 9. The summed E-state index contributed by atoms with van der Waals surface area (Å²) in [5, 5.41) is 1.08. The molecule has 1 aliphatic rings. The van der Waals surface area contributed by atoms with Crippen LogP contribution >= 0.6 is 15.9 Å². The first-order valence-corrected chi connectivity index (χ1v) is 11.0. The van der Waals surface area contributed by atoms with E-state index in [1.165, 1.54) is 0 Å². The number of ether oxygens (including phenoxy) is 3. The Balaban J connectivity index is 1.35. The van der Waals surface area contributed by atoms with Crippen molar-refractivity contribution in [3.05, 3.63) is 90.0 Å². The van der Waals surface area contributed by atoms with Gasteiger partial charge in [0.1, 0.15) is 18.1 Å². The lowest BCUT2D eigenvalue weighted by atomic mass is 10.1. The molecule has 0 bridgehead atoms. The van der Waals surface area contributed by atoms with E-state index < -0.39 is 4.51 Å². The topological polar surface area (TPSA) is 40.8 Å². The molecule has 0 atom stereocenters. The number of alkyl halides is 1. The van der Waals surface area contributed by atoms with E-state index in [0.29, 0.717) is 6.61 Å². The lowest BCUT2D eigenvalue weighted by Crippen LogP contribution is -2.22. The molecular weight excluding hydrogens is 456 g/mol.